The number of benzene rings is 4. The maximum absolute atomic E-state index is 13.4. The van der Waals surface area contributed by atoms with Gasteiger partial charge in [0, 0.05) is 10.5 Å². The third kappa shape index (κ3) is 4.11. The zero-order chi connectivity index (χ0) is 20.3. The summed E-state index contributed by atoms with van der Waals surface area (Å²) >= 11 is 1.06. The molecule has 1 unspecified atom stereocenters. The minimum Gasteiger partial charge on any atom is -0.292 e. The molecule has 29 heavy (non-hydrogen) atoms. The van der Waals surface area contributed by atoms with Crippen LogP contribution >= 0.6 is 11.8 Å². The average molecular weight is 419 g/mol. The molecule has 1 atom stereocenters. The largest absolute Gasteiger partial charge is 0.292 e. The van der Waals surface area contributed by atoms with Crippen LogP contribution in [-0.4, -0.2) is 18.8 Å². The van der Waals surface area contributed by atoms with Crippen LogP contribution in [0.4, 0.5) is 0 Å². The van der Waals surface area contributed by atoms with Gasteiger partial charge in [-0.2, -0.15) is 0 Å². The maximum atomic E-state index is 13.4. The zero-order valence-corrected chi connectivity index (χ0v) is 17.1. The molecule has 0 aliphatic rings. The quantitative estimate of drug-likeness (QED) is 0.301. The van der Waals surface area contributed by atoms with Crippen molar-refractivity contribution >= 4 is 38.2 Å². The van der Waals surface area contributed by atoms with Gasteiger partial charge in [0.25, 0.3) is 0 Å². The molecule has 144 valence electrons. The number of ketones is 1. The lowest BCUT2D eigenvalue weighted by molar-refractivity contribution is 0.101. The predicted octanol–water partition coefficient (Wildman–Crippen LogP) is 5.61. The normalized spacial score (nSPS) is 12.6. The minimum absolute atomic E-state index is 0.141. The van der Waals surface area contributed by atoms with Crippen molar-refractivity contribution in [2.45, 2.75) is 14.4 Å². The Morgan fingerprint density at radius 1 is 0.690 bits per heavy atom. The van der Waals surface area contributed by atoms with Gasteiger partial charge in [-0.3, -0.25) is 4.79 Å². The van der Waals surface area contributed by atoms with E-state index in [9.17, 15) is 13.2 Å². The number of rotatable bonds is 6. The molecule has 0 aliphatic carbocycles. The minimum atomic E-state index is -3.89. The number of fused-ring (bicyclic) bond motifs is 1. The fourth-order valence-corrected chi connectivity index (χ4v) is 6.27. The summed E-state index contributed by atoms with van der Waals surface area (Å²) in [7, 11) is -3.89. The summed E-state index contributed by atoms with van der Waals surface area (Å²) in [4.78, 5) is 14.3. The molecule has 0 saturated heterocycles. The molecule has 3 nitrogen and oxygen atoms in total. The molecule has 0 radical (unpaired) electrons. The Bertz CT molecular complexity index is 1250. The van der Waals surface area contributed by atoms with E-state index in [-0.39, 0.29) is 4.90 Å². The van der Waals surface area contributed by atoms with Crippen molar-refractivity contribution in [3.63, 3.8) is 0 Å². The Hall–Kier alpha value is -2.89. The van der Waals surface area contributed by atoms with Gasteiger partial charge in [-0.15, -0.1) is 0 Å². The molecule has 4 rings (SSSR count). The summed E-state index contributed by atoms with van der Waals surface area (Å²) < 4.78 is 25.5. The number of sulfone groups is 1. The third-order valence-electron chi connectivity index (χ3n) is 4.59. The fourth-order valence-electron chi connectivity index (χ4n) is 3.09. The Morgan fingerprint density at radius 3 is 1.97 bits per heavy atom. The first-order chi connectivity index (χ1) is 14.1. The molecule has 5 heteroatoms. The SMILES string of the molecule is O=C(c1ccc2ccccc2c1)C(Sc1ccccc1)S(=O)(=O)c1ccccc1. The third-order valence-corrected chi connectivity index (χ3v) is 8.32. The highest BCUT2D eigenvalue weighted by molar-refractivity contribution is 8.14. The first kappa shape index (κ1) is 19.4. The first-order valence-electron chi connectivity index (χ1n) is 9.09. The molecule has 0 fully saturated rings. The van der Waals surface area contributed by atoms with Crippen LogP contribution in [0.2, 0.25) is 0 Å². The fraction of sp³-hybridized carbons (Fsp3) is 0.0417. The van der Waals surface area contributed by atoms with Gasteiger partial charge < -0.3 is 0 Å². The molecule has 4 aromatic rings. The van der Waals surface area contributed by atoms with Gasteiger partial charge in [0.1, 0.15) is 0 Å². The Kier molecular flexibility index (Phi) is 5.51. The number of hydrogen-bond acceptors (Lipinski definition) is 4. The second-order valence-corrected chi connectivity index (χ2v) is 10.1. The highest BCUT2D eigenvalue weighted by Crippen LogP contribution is 2.33. The van der Waals surface area contributed by atoms with Crippen molar-refractivity contribution in [3.05, 3.63) is 109 Å². The Morgan fingerprint density at radius 2 is 1.28 bits per heavy atom. The number of carbonyl (C=O) groups is 1. The highest BCUT2D eigenvalue weighted by atomic mass is 32.3. The van der Waals surface area contributed by atoms with E-state index in [0.717, 1.165) is 27.4 Å². The van der Waals surface area contributed by atoms with E-state index in [1.54, 1.807) is 30.3 Å². The molecule has 0 aromatic heterocycles. The molecular formula is C24H18O3S2. The predicted molar refractivity (Wildman–Crippen MR) is 118 cm³/mol. The monoisotopic (exact) mass is 418 g/mol. The molecule has 0 saturated carbocycles. The first-order valence-corrected chi connectivity index (χ1v) is 11.5. The lowest BCUT2D eigenvalue weighted by Gasteiger charge is -2.17. The molecule has 0 heterocycles. The Balaban J connectivity index is 1.79. The Labute approximate surface area is 174 Å². The lowest BCUT2D eigenvalue weighted by atomic mass is 10.1. The van der Waals surface area contributed by atoms with Crippen LogP contribution in [0.5, 0.6) is 0 Å². The smallest absolute Gasteiger partial charge is 0.198 e. The van der Waals surface area contributed by atoms with Gasteiger partial charge in [0.05, 0.1) is 4.90 Å². The van der Waals surface area contributed by atoms with E-state index in [0.29, 0.717) is 5.56 Å². The van der Waals surface area contributed by atoms with Crippen LogP contribution in [0, 0.1) is 0 Å². The van der Waals surface area contributed by atoms with E-state index >= 15 is 0 Å². The standard InChI is InChI=1S/C24H18O3S2/c25-23(20-16-15-18-9-7-8-10-19(18)17-20)24(28-21-11-3-1-4-12-21)29(26,27)22-13-5-2-6-14-22/h1-17,24H. The van der Waals surface area contributed by atoms with Crippen molar-refractivity contribution in [2.24, 2.45) is 0 Å². The molecule has 0 N–H and O–H groups in total. The highest BCUT2D eigenvalue weighted by Gasteiger charge is 2.35. The summed E-state index contributed by atoms with van der Waals surface area (Å²) in [6.07, 6.45) is 0. The van der Waals surface area contributed by atoms with E-state index in [4.69, 9.17) is 0 Å². The van der Waals surface area contributed by atoms with Gasteiger partial charge in [-0.05, 0) is 41.1 Å². The van der Waals surface area contributed by atoms with Crippen molar-refractivity contribution < 1.29 is 13.2 Å². The lowest BCUT2D eigenvalue weighted by Crippen LogP contribution is -2.27. The van der Waals surface area contributed by atoms with E-state index < -0.39 is 20.2 Å². The van der Waals surface area contributed by atoms with Gasteiger partial charge in [0.15, 0.2) is 20.2 Å². The van der Waals surface area contributed by atoms with Crippen LogP contribution in [0.3, 0.4) is 0 Å². The summed E-state index contributed by atoms with van der Waals surface area (Å²) in [5.41, 5.74) is 0.386. The molecular weight excluding hydrogens is 400 g/mol. The summed E-state index contributed by atoms with van der Waals surface area (Å²) in [6, 6.07) is 30.3. The number of thioether (sulfide) groups is 1. The van der Waals surface area contributed by atoms with Crippen LogP contribution in [-0.2, 0) is 9.84 Å². The van der Waals surface area contributed by atoms with Crippen LogP contribution < -0.4 is 0 Å². The molecule has 0 amide bonds. The van der Waals surface area contributed by atoms with Crippen molar-refractivity contribution in [1.29, 1.82) is 0 Å². The van der Waals surface area contributed by atoms with Crippen molar-refractivity contribution in [3.8, 4) is 0 Å². The van der Waals surface area contributed by atoms with Gasteiger partial charge in [-0.25, -0.2) is 8.42 Å². The van der Waals surface area contributed by atoms with E-state index in [1.165, 1.54) is 12.1 Å². The van der Waals surface area contributed by atoms with Crippen LogP contribution in [0.25, 0.3) is 10.8 Å². The van der Waals surface area contributed by atoms with E-state index in [2.05, 4.69) is 0 Å². The number of Topliss-reactive ketones (excluding diaryl/α,β-unsaturated/α-hetero) is 1. The van der Waals surface area contributed by atoms with Crippen molar-refractivity contribution in [1.82, 2.24) is 0 Å². The van der Waals surface area contributed by atoms with Crippen LogP contribution in [0.1, 0.15) is 10.4 Å². The second kappa shape index (κ2) is 8.23. The summed E-state index contributed by atoms with van der Waals surface area (Å²) in [6.45, 7) is 0. The number of hydrogen-bond donors (Lipinski definition) is 0. The van der Waals surface area contributed by atoms with Gasteiger partial charge in [-0.1, -0.05) is 84.6 Å². The average Bonchev–Trinajstić information content (AvgIpc) is 2.78. The summed E-state index contributed by atoms with van der Waals surface area (Å²) in [5.74, 6) is -0.423. The zero-order valence-electron chi connectivity index (χ0n) is 15.4. The summed E-state index contributed by atoms with van der Waals surface area (Å²) in [5, 5.41) is 1.90. The number of carbonyl (C=O) groups excluding carboxylic acids is 1. The molecule has 0 aliphatic heterocycles. The topological polar surface area (TPSA) is 51.2 Å². The second-order valence-electron chi connectivity index (χ2n) is 6.55. The van der Waals surface area contributed by atoms with Crippen molar-refractivity contribution in [2.75, 3.05) is 0 Å². The van der Waals surface area contributed by atoms with Gasteiger partial charge >= 0.3 is 0 Å². The molecule has 0 spiro atoms. The van der Waals surface area contributed by atoms with E-state index in [1.807, 2.05) is 60.7 Å². The maximum Gasteiger partial charge on any atom is 0.198 e. The molecule has 0 bridgehead atoms. The van der Waals surface area contributed by atoms with Gasteiger partial charge in [0.2, 0.25) is 0 Å². The van der Waals surface area contributed by atoms with Crippen LogP contribution in [0.15, 0.2) is 113 Å². The molecule has 4 aromatic carbocycles.